The predicted octanol–water partition coefficient (Wildman–Crippen LogP) is 5.79. The second kappa shape index (κ2) is 9.53. The van der Waals surface area contributed by atoms with Gasteiger partial charge in [0.2, 0.25) is 0 Å². The number of nitriles is 1. The number of nitrogen functional groups attached to an aromatic ring is 1. The molecule has 2 N–H and O–H groups in total. The predicted molar refractivity (Wildman–Crippen MR) is 116 cm³/mol. The van der Waals surface area contributed by atoms with Gasteiger partial charge in [0.15, 0.2) is 5.82 Å². The molecule has 1 heterocycles. The lowest BCUT2D eigenvalue weighted by Crippen LogP contribution is -2.06. The Morgan fingerprint density at radius 2 is 1.88 bits per heavy atom. The molecule has 0 bridgehead atoms. The van der Waals surface area contributed by atoms with E-state index in [2.05, 4.69) is 15.2 Å². The number of azo groups is 1. The van der Waals surface area contributed by atoms with Crippen LogP contribution in [0, 0.1) is 28.4 Å². The molecule has 9 nitrogen and oxygen atoms in total. The molecule has 0 unspecified atom stereocenters. The van der Waals surface area contributed by atoms with Gasteiger partial charge in [0, 0.05) is 18.6 Å². The summed E-state index contributed by atoms with van der Waals surface area (Å²) in [6.07, 6.45) is -4.63. The van der Waals surface area contributed by atoms with Crippen molar-refractivity contribution in [2.45, 2.75) is 19.5 Å². The van der Waals surface area contributed by atoms with Crippen molar-refractivity contribution in [2.24, 2.45) is 10.2 Å². The highest BCUT2D eigenvalue weighted by atomic mass is 19.4. The lowest BCUT2D eigenvalue weighted by molar-refractivity contribution is -0.385. The smallest absolute Gasteiger partial charge is 0.418 e. The van der Waals surface area contributed by atoms with Gasteiger partial charge < -0.3 is 10.5 Å². The molecule has 2 aromatic carbocycles. The number of alkyl halides is 3. The number of halogens is 3. The number of ether oxygens (including phenoxy) is 1. The summed E-state index contributed by atoms with van der Waals surface area (Å²) < 4.78 is 45.3. The number of aromatic nitrogens is 1. The number of hydrogen-bond donors (Lipinski definition) is 1. The molecular weight excluding hydrogens is 453 g/mol. The molecule has 0 saturated heterocycles. The van der Waals surface area contributed by atoms with E-state index in [1.807, 2.05) is 6.07 Å². The van der Waals surface area contributed by atoms with E-state index in [4.69, 9.17) is 10.5 Å². The van der Waals surface area contributed by atoms with Crippen LogP contribution in [0.4, 0.5) is 36.1 Å². The zero-order valence-corrected chi connectivity index (χ0v) is 17.9. The van der Waals surface area contributed by atoms with Crippen molar-refractivity contribution in [1.82, 2.24) is 4.98 Å². The normalized spacial score (nSPS) is 11.4. The molecule has 12 heteroatoms. The molecule has 1 aromatic heterocycles. The van der Waals surface area contributed by atoms with Crippen molar-refractivity contribution < 1.29 is 22.8 Å². The fraction of sp³-hybridized carbons (Fsp3) is 0.182. The quantitative estimate of drug-likeness (QED) is 0.275. The van der Waals surface area contributed by atoms with Gasteiger partial charge in [-0.25, -0.2) is 4.98 Å². The fourth-order valence-electron chi connectivity index (χ4n) is 3.18. The maximum absolute atomic E-state index is 13.4. The lowest BCUT2D eigenvalue weighted by Gasteiger charge is -2.12. The van der Waals surface area contributed by atoms with E-state index in [-0.39, 0.29) is 29.1 Å². The number of nitro groups is 1. The first-order valence-electron chi connectivity index (χ1n) is 9.64. The van der Waals surface area contributed by atoms with Crippen molar-refractivity contribution in [3.63, 3.8) is 0 Å². The summed E-state index contributed by atoms with van der Waals surface area (Å²) in [6.45, 7) is 1.53. The third-order valence-corrected chi connectivity index (χ3v) is 4.91. The molecule has 0 atom stereocenters. The SMILES string of the molecule is COc1ccc(Cc2nc(N)c(N=Nc3ccc([N+](=O)[O-])cc3C(F)(F)F)c(C)c2C#N)cc1. The highest BCUT2D eigenvalue weighted by molar-refractivity contribution is 5.68. The molecule has 0 saturated carbocycles. The lowest BCUT2D eigenvalue weighted by atomic mass is 10.0. The van der Waals surface area contributed by atoms with E-state index in [1.54, 1.807) is 24.3 Å². The molecule has 174 valence electrons. The molecule has 3 aromatic rings. The number of hydrogen-bond acceptors (Lipinski definition) is 8. The first-order valence-corrected chi connectivity index (χ1v) is 9.64. The van der Waals surface area contributed by atoms with E-state index in [0.717, 1.165) is 17.7 Å². The summed E-state index contributed by atoms with van der Waals surface area (Å²) >= 11 is 0. The van der Waals surface area contributed by atoms with Gasteiger partial charge >= 0.3 is 6.18 Å². The minimum absolute atomic E-state index is 0.0680. The van der Waals surface area contributed by atoms with E-state index < -0.39 is 28.0 Å². The van der Waals surface area contributed by atoms with Crippen LogP contribution >= 0.6 is 0 Å². The number of nitrogens with zero attached hydrogens (tertiary/aromatic N) is 5. The van der Waals surface area contributed by atoms with Gasteiger partial charge in [0.1, 0.15) is 17.5 Å². The summed E-state index contributed by atoms with van der Waals surface area (Å²) in [5, 5.41) is 27.9. The van der Waals surface area contributed by atoms with Crippen LogP contribution in [0.2, 0.25) is 0 Å². The molecule has 0 aliphatic carbocycles. The van der Waals surface area contributed by atoms with E-state index in [0.29, 0.717) is 17.5 Å². The molecule has 0 spiro atoms. The van der Waals surface area contributed by atoms with Crippen LogP contribution in [0.25, 0.3) is 0 Å². The fourth-order valence-corrected chi connectivity index (χ4v) is 3.18. The highest BCUT2D eigenvalue weighted by Gasteiger charge is 2.35. The number of non-ortho nitro benzene ring substituents is 1. The Morgan fingerprint density at radius 3 is 2.44 bits per heavy atom. The molecule has 0 fully saturated rings. The van der Waals surface area contributed by atoms with Crippen molar-refractivity contribution in [2.75, 3.05) is 12.8 Å². The molecular formula is C22H17F3N6O3. The summed E-state index contributed by atoms with van der Waals surface area (Å²) in [4.78, 5) is 14.1. The summed E-state index contributed by atoms with van der Waals surface area (Å²) in [6, 6.07) is 11.2. The number of methoxy groups -OCH3 is 1. The van der Waals surface area contributed by atoms with Gasteiger partial charge in [0.05, 0.1) is 34.5 Å². The second-order valence-corrected chi connectivity index (χ2v) is 7.09. The van der Waals surface area contributed by atoms with Crippen LogP contribution in [0.1, 0.15) is 27.9 Å². The third-order valence-electron chi connectivity index (χ3n) is 4.91. The zero-order valence-electron chi connectivity index (χ0n) is 17.9. The van der Waals surface area contributed by atoms with Crippen LogP contribution < -0.4 is 10.5 Å². The third kappa shape index (κ3) is 5.09. The molecule has 0 aliphatic rings. The number of rotatable bonds is 6. The maximum atomic E-state index is 13.4. The van der Waals surface area contributed by atoms with E-state index >= 15 is 0 Å². The summed E-state index contributed by atoms with van der Waals surface area (Å²) in [7, 11) is 1.54. The van der Waals surface area contributed by atoms with Gasteiger partial charge in [-0.3, -0.25) is 10.1 Å². The molecule has 0 amide bonds. The Labute approximate surface area is 191 Å². The average molecular weight is 470 g/mol. The van der Waals surface area contributed by atoms with Gasteiger partial charge in [-0.15, -0.1) is 10.2 Å². The van der Waals surface area contributed by atoms with Crippen molar-refractivity contribution >= 4 is 22.9 Å². The van der Waals surface area contributed by atoms with Gasteiger partial charge in [0.25, 0.3) is 5.69 Å². The van der Waals surface area contributed by atoms with Crippen LogP contribution in [-0.2, 0) is 12.6 Å². The first-order chi connectivity index (χ1) is 16.0. The largest absolute Gasteiger partial charge is 0.497 e. The first kappa shape index (κ1) is 24.1. The van der Waals surface area contributed by atoms with Crippen molar-refractivity contribution in [3.8, 4) is 11.8 Å². The second-order valence-electron chi connectivity index (χ2n) is 7.09. The van der Waals surface area contributed by atoms with E-state index in [1.165, 1.54) is 14.0 Å². The maximum Gasteiger partial charge on any atom is 0.418 e. The minimum atomic E-state index is -4.90. The molecule has 0 aliphatic heterocycles. The van der Waals surface area contributed by atoms with E-state index in [9.17, 15) is 28.5 Å². The van der Waals surface area contributed by atoms with Crippen LogP contribution in [-0.4, -0.2) is 17.0 Å². The molecule has 34 heavy (non-hydrogen) atoms. The Bertz CT molecular complexity index is 1320. The van der Waals surface area contributed by atoms with Crippen molar-refractivity contribution in [1.29, 1.82) is 5.26 Å². The van der Waals surface area contributed by atoms with Gasteiger partial charge in [-0.1, -0.05) is 12.1 Å². The van der Waals surface area contributed by atoms with Gasteiger partial charge in [-0.2, -0.15) is 18.4 Å². The van der Waals surface area contributed by atoms with Crippen molar-refractivity contribution in [3.05, 3.63) is 80.5 Å². The number of anilines is 1. The minimum Gasteiger partial charge on any atom is -0.497 e. The Balaban J connectivity index is 2.01. The van der Waals surface area contributed by atoms with Crippen LogP contribution in [0.15, 0.2) is 52.7 Å². The Hall–Kier alpha value is -4.53. The molecule has 0 radical (unpaired) electrons. The Kier molecular flexibility index (Phi) is 6.76. The number of nitrogens with two attached hydrogens (primary N) is 1. The zero-order chi connectivity index (χ0) is 25.0. The van der Waals surface area contributed by atoms with Gasteiger partial charge in [-0.05, 0) is 36.2 Å². The van der Waals surface area contributed by atoms with Crippen LogP contribution in [0.5, 0.6) is 5.75 Å². The molecule has 3 rings (SSSR count). The van der Waals surface area contributed by atoms with Crippen LogP contribution in [0.3, 0.4) is 0 Å². The highest BCUT2D eigenvalue weighted by Crippen LogP contribution is 2.40. The average Bonchev–Trinajstić information content (AvgIpc) is 2.78. The summed E-state index contributed by atoms with van der Waals surface area (Å²) in [5.41, 5.74) is 4.87. The number of pyridine rings is 1. The number of benzene rings is 2. The standard InChI is InChI=1S/C22H17F3N6O3/c1-12-16(11-26)19(9-13-3-6-15(34-2)7-4-13)28-21(27)20(12)30-29-18-8-5-14(31(32)33)10-17(18)22(23,24)25/h3-8,10H,9H2,1-2H3,(H2,27,28). The Morgan fingerprint density at radius 1 is 1.21 bits per heavy atom. The topological polar surface area (TPSA) is 140 Å². The monoisotopic (exact) mass is 470 g/mol. The summed E-state index contributed by atoms with van der Waals surface area (Å²) in [5.74, 6) is 0.535. The number of nitro benzene ring substituents is 1.